The number of aliphatic hydroxyl groups is 1. The van der Waals surface area contributed by atoms with E-state index in [2.05, 4.69) is 20.6 Å². The van der Waals surface area contributed by atoms with Crippen LogP contribution < -0.4 is 16.4 Å². The molecule has 2 heterocycles. The molecule has 0 radical (unpaired) electrons. The number of nitrogens with zero attached hydrogens (tertiary/aromatic N) is 2. The van der Waals surface area contributed by atoms with E-state index in [4.69, 9.17) is 5.73 Å². The number of aliphatic hydroxyl groups excluding tert-OH is 1. The standard InChI is InChI=1S/C18H21N5OS/c19-11-4-9-14-15(10-11)25-18(21-14)23-17-3-1-2-16(22-17)20-12-5-7-13(24)8-6-12/h1-4,9-10,12-13,24H,5-8,19H2,(H2,20,21,22,23). The summed E-state index contributed by atoms with van der Waals surface area (Å²) in [4.78, 5) is 9.19. The highest BCUT2D eigenvalue weighted by atomic mass is 32.1. The molecule has 0 aliphatic heterocycles. The summed E-state index contributed by atoms with van der Waals surface area (Å²) < 4.78 is 1.05. The highest BCUT2D eigenvalue weighted by molar-refractivity contribution is 7.22. The zero-order valence-corrected chi connectivity index (χ0v) is 14.6. The summed E-state index contributed by atoms with van der Waals surface area (Å²) in [7, 11) is 0. The Kier molecular flexibility index (Phi) is 4.42. The number of nitrogens with two attached hydrogens (primary N) is 1. The molecule has 2 aromatic heterocycles. The Morgan fingerprint density at radius 2 is 1.84 bits per heavy atom. The van der Waals surface area contributed by atoms with Crippen LogP contribution in [0.2, 0.25) is 0 Å². The summed E-state index contributed by atoms with van der Waals surface area (Å²) in [6.07, 6.45) is 3.50. The second-order valence-electron chi connectivity index (χ2n) is 6.43. The van der Waals surface area contributed by atoms with Crippen molar-refractivity contribution in [1.29, 1.82) is 0 Å². The Balaban J connectivity index is 1.47. The minimum Gasteiger partial charge on any atom is -0.399 e. The van der Waals surface area contributed by atoms with Gasteiger partial charge in [0.15, 0.2) is 5.13 Å². The molecule has 3 aromatic rings. The van der Waals surface area contributed by atoms with Crippen LogP contribution in [-0.4, -0.2) is 27.2 Å². The molecular formula is C18H21N5OS. The van der Waals surface area contributed by atoms with Crippen LogP contribution in [0.4, 0.5) is 22.5 Å². The average molecular weight is 355 g/mol. The second-order valence-corrected chi connectivity index (χ2v) is 7.46. The monoisotopic (exact) mass is 355 g/mol. The van der Waals surface area contributed by atoms with E-state index >= 15 is 0 Å². The van der Waals surface area contributed by atoms with Gasteiger partial charge in [0.05, 0.1) is 16.3 Å². The molecule has 1 fully saturated rings. The maximum absolute atomic E-state index is 9.61. The molecule has 0 atom stereocenters. The van der Waals surface area contributed by atoms with Crippen LogP contribution in [0.5, 0.6) is 0 Å². The van der Waals surface area contributed by atoms with Gasteiger partial charge in [-0.05, 0) is 56.0 Å². The van der Waals surface area contributed by atoms with Gasteiger partial charge in [0.1, 0.15) is 11.6 Å². The summed E-state index contributed by atoms with van der Waals surface area (Å²) in [5.41, 5.74) is 7.49. The summed E-state index contributed by atoms with van der Waals surface area (Å²) >= 11 is 1.56. The molecule has 4 rings (SSSR count). The van der Waals surface area contributed by atoms with Crippen LogP contribution in [-0.2, 0) is 0 Å². The molecule has 1 aliphatic carbocycles. The van der Waals surface area contributed by atoms with E-state index in [-0.39, 0.29) is 6.10 Å². The van der Waals surface area contributed by atoms with Gasteiger partial charge in [-0.25, -0.2) is 9.97 Å². The molecule has 5 N–H and O–H groups in total. The maximum atomic E-state index is 9.61. The molecule has 7 heteroatoms. The van der Waals surface area contributed by atoms with E-state index in [0.29, 0.717) is 6.04 Å². The Morgan fingerprint density at radius 3 is 2.68 bits per heavy atom. The SMILES string of the molecule is Nc1ccc2nc(Nc3cccc(NC4CCC(O)CC4)n3)sc2c1. The van der Waals surface area contributed by atoms with Crippen molar-refractivity contribution in [2.75, 3.05) is 16.4 Å². The smallest absolute Gasteiger partial charge is 0.189 e. The molecule has 0 spiro atoms. The lowest BCUT2D eigenvalue weighted by molar-refractivity contribution is 0.126. The number of rotatable bonds is 4. The van der Waals surface area contributed by atoms with Crippen molar-refractivity contribution in [2.24, 2.45) is 0 Å². The van der Waals surface area contributed by atoms with Crippen molar-refractivity contribution in [2.45, 2.75) is 37.8 Å². The molecule has 0 unspecified atom stereocenters. The zero-order valence-electron chi connectivity index (χ0n) is 13.8. The summed E-state index contributed by atoms with van der Waals surface area (Å²) in [5, 5.41) is 17.1. The first-order valence-electron chi connectivity index (χ1n) is 8.50. The summed E-state index contributed by atoms with van der Waals surface area (Å²) in [5.74, 6) is 1.60. The molecular weight excluding hydrogens is 334 g/mol. The minimum atomic E-state index is -0.146. The number of hydrogen-bond acceptors (Lipinski definition) is 7. The third kappa shape index (κ3) is 3.83. The molecule has 25 heavy (non-hydrogen) atoms. The summed E-state index contributed by atoms with van der Waals surface area (Å²) in [6.45, 7) is 0. The van der Waals surface area contributed by atoms with Crippen LogP contribution in [0.15, 0.2) is 36.4 Å². The first kappa shape index (κ1) is 16.1. The molecule has 1 saturated carbocycles. The molecule has 0 saturated heterocycles. The van der Waals surface area contributed by atoms with Crippen LogP contribution in [0.3, 0.4) is 0 Å². The van der Waals surface area contributed by atoms with Crippen LogP contribution in [0.1, 0.15) is 25.7 Å². The number of pyridine rings is 1. The summed E-state index contributed by atoms with van der Waals surface area (Å²) in [6, 6.07) is 12.0. The van der Waals surface area contributed by atoms with Crippen molar-refractivity contribution >= 4 is 44.0 Å². The predicted octanol–water partition coefficient (Wildman–Crippen LogP) is 3.73. The van der Waals surface area contributed by atoms with E-state index in [1.807, 2.05) is 36.4 Å². The van der Waals surface area contributed by atoms with E-state index < -0.39 is 0 Å². The van der Waals surface area contributed by atoms with Gasteiger partial charge in [-0.1, -0.05) is 17.4 Å². The van der Waals surface area contributed by atoms with Crippen molar-refractivity contribution < 1.29 is 5.11 Å². The predicted molar refractivity (Wildman–Crippen MR) is 103 cm³/mol. The third-order valence-corrected chi connectivity index (χ3v) is 5.38. The molecule has 6 nitrogen and oxygen atoms in total. The van der Waals surface area contributed by atoms with Crippen molar-refractivity contribution in [3.8, 4) is 0 Å². The van der Waals surface area contributed by atoms with E-state index in [0.717, 1.165) is 58.4 Å². The van der Waals surface area contributed by atoms with Gasteiger partial charge in [0.25, 0.3) is 0 Å². The Bertz CT molecular complexity index is 873. The largest absolute Gasteiger partial charge is 0.399 e. The van der Waals surface area contributed by atoms with E-state index in [9.17, 15) is 5.11 Å². The first-order valence-corrected chi connectivity index (χ1v) is 9.32. The number of nitrogen functional groups attached to an aromatic ring is 1. The van der Waals surface area contributed by atoms with Crippen LogP contribution in [0, 0.1) is 0 Å². The van der Waals surface area contributed by atoms with Gasteiger partial charge in [-0.2, -0.15) is 0 Å². The van der Waals surface area contributed by atoms with Crippen molar-refractivity contribution in [3.63, 3.8) is 0 Å². The number of hydrogen-bond donors (Lipinski definition) is 4. The molecule has 130 valence electrons. The van der Waals surface area contributed by atoms with Crippen LogP contribution in [0.25, 0.3) is 10.2 Å². The normalized spacial score (nSPS) is 20.5. The fourth-order valence-corrected chi connectivity index (χ4v) is 4.04. The molecule has 0 bridgehead atoms. The number of aromatic nitrogens is 2. The fraction of sp³-hybridized carbons (Fsp3) is 0.333. The van der Waals surface area contributed by atoms with Gasteiger partial charge in [-0.3, -0.25) is 0 Å². The minimum absolute atomic E-state index is 0.146. The van der Waals surface area contributed by atoms with Gasteiger partial charge < -0.3 is 21.5 Å². The highest BCUT2D eigenvalue weighted by Gasteiger charge is 2.19. The Hall–Kier alpha value is -2.38. The van der Waals surface area contributed by atoms with Gasteiger partial charge in [0, 0.05) is 11.7 Å². The quantitative estimate of drug-likeness (QED) is 0.533. The first-order chi connectivity index (χ1) is 12.2. The van der Waals surface area contributed by atoms with Crippen molar-refractivity contribution in [1.82, 2.24) is 9.97 Å². The second kappa shape index (κ2) is 6.85. The number of benzene rings is 1. The lowest BCUT2D eigenvalue weighted by Gasteiger charge is -2.26. The molecule has 1 aliphatic rings. The van der Waals surface area contributed by atoms with Crippen molar-refractivity contribution in [3.05, 3.63) is 36.4 Å². The molecule has 0 amide bonds. The number of anilines is 4. The average Bonchev–Trinajstić information content (AvgIpc) is 2.98. The fourth-order valence-electron chi connectivity index (χ4n) is 3.12. The number of fused-ring (bicyclic) bond motifs is 1. The van der Waals surface area contributed by atoms with E-state index in [1.165, 1.54) is 0 Å². The van der Waals surface area contributed by atoms with Crippen LogP contribution >= 0.6 is 11.3 Å². The zero-order chi connectivity index (χ0) is 17.2. The number of nitrogens with one attached hydrogen (secondary N) is 2. The maximum Gasteiger partial charge on any atom is 0.189 e. The lowest BCUT2D eigenvalue weighted by Crippen LogP contribution is -2.28. The third-order valence-electron chi connectivity index (χ3n) is 4.45. The topological polar surface area (TPSA) is 96.1 Å². The van der Waals surface area contributed by atoms with Gasteiger partial charge in [-0.15, -0.1) is 0 Å². The number of thiazole rings is 1. The highest BCUT2D eigenvalue weighted by Crippen LogP contribution is 2.29. The van der Waals surface area contributed by atoms with Gasteiger partial charge >= 0.3 is 0 Å². The van der Waals surface area contributed by atoms with E-state index in [1.54, 1.807) is 11.3 Å². The molecule has 1 aromatic carbocycles. The Labute approximate surface area is 150 Å². The Morgan fingerprint density at radius 1 is 1.04 bits per heavy atom. The van der Waals surface area contributed by atoms with Gasteiger partial charge in [0.2, 0.25) is 0 Å². The lowest BCUT2D eigenvalue weighted by atomic mass is 9.93.